The van der Waals surface area contributed by atoms with Crippen LogP contribution in [0.1, 0.15) is 9.67 Å². The van der Waals surface area contributed by atoms with Gasteiger partial charge in [-0.25, -0.2) is 5.84 Å². The van der Waals surface area contributed by atoms with Gasteiger partial charge in [0.15, 0.2) is 0 Å². The van der Waals surface area contributed by atoms with Crippen molar-refractivity contribution in [2.75, 3.05) is 0 Å². The minimum absolute atomic E-state index is 0.376. The third-order valence-corrected chi connectivity index (χ3v) is 3.41. The maximum atomic E-state index is 11.3. The van der Waals surface area contributed by atoms with Crippen LogP contribution < -0.4 is 11.3 Å². The molecule has 0 radical (unpaired) electrons. The number of nitrogens with one attached hydrogen (secondary N) is 1. The summed E-state index contributed by atoms with van der Waals surface area (Å²) in [6.07, 6.45) is 0. The molecular formula is C10H7Cl2N3OS. The summed E-state index contributed by atoms with van der Waals surface area (Å²) in [5.74, 6) is 4.66. The fourth-order valence-corrected chi connectivity index (χ4v) is 2.44. The van der Waals surface area contributed by atoms with Crippen LogP contribution in [0.3, 0.4) is 0 Å². The first-order valence-electron chi connectivity index (χ1n) is 4.55. The molecule has 0 bridgehead atoms. The molecule has 0 aliphatic rings. The van der Waals surface area contributed by atoms with E-state index in [9.17, 15) is 4.79 Å². The average molecular weight is 288 g/mol. The fraction of sp³-hybridized carbons (Fsp3) is 0. The molecule has 2 rings (SSSR count). The van der Waals surface area contributed by atoms with Gasteiger partial charge < -0.3 is 0 Å². The van der Waals surface area contributed by atoms with Crippen LogP contribution in [0.4, 0.5) is 0 Å². The Labute approximate surface area is 111 Å². The van der Waals surface area contributed by atoms with Crippen LogP contribution in [-0.4, -0.2) is 10.3 Å². The van der Waals surface area contributed by atoms with Crippen LogP contribution in [0, 0.1) is 0 Å². The molecule has 7 heteroatoms. The maximum absolute atomic E-state index is 11.3. The summed E-state index contributed by atoms with van der Waals surface area (Å²) in [6.45, 7) is 0. The zero-order chi connectivity index (χ0) is 12.4. The molecule has 0 saturated heterocycles. The highest BCUT2D eigenvalue weighted by Gasteiger charge is 2.12. The van der Waals surface area contributed by atoms with Crippen molar-refractivity contribution in [2.24, 2.45) is 5.84 Å². The second-order valence-electron chi connectivity index (χ2n) is 3.17. The Morgan fingerprint density at radius 1 is 1.35 bits per heavy atom. The largest absolute Gasteiger partial charge is 0.289 e. The number of hydrogen-bond acceptors (Lipinski definition) is 4. The first-order chi connectivity index (χ1) is 8.11. The quantitative estimate of drug-likeness (QED) is 0.507. The van der Waals surface area contributed by atoms with E-state index in [1.54, 1.807) is 24.3 Å². The van der Waals surface area contributed by atoms with Crippen molar-refractivity contribution in [3.8, 4) is 11.3 Å². The zero-order valence-corrected chi connectivity index (χ0v) is 10.7. The molecule has 0 fully saturated rings. The first-order valence-corrected chi connectivity index (χ1v) is 6.08. The van der Waals surface area contributed by atoms with Gasteiger partial charge in [-0.3, -0.25) is 10.2 Å². The number of benzene rings is 1. The van der Waals surface area contributed by atoms with Gasteiger partial charge in [-0.15, -0.1) is 0 Å². The van der Waals surface area contributed by atoms with Crippen molar-refractivity contribution >= 4 is 40.6 Å². The van der Waals surface area contributed by atoms with Gasteiger partial charge in [-0.05, 0) is 35.8 Å². The van der Waals surface area contributed by atoms with Gasteiger partial charge >= 0.3 is 0 Å². The maximum Gasteiger partial charge on any atom is 0.276 e. The molecular weight excluding hydrogens is 281 g/mol. The number of nitrogens with zero attached hydrogens (tertiary/aromatic N) is 1. The lowest BCUT2D eigenvalue weighted by Crippen LogP contribution is -2.29. The van der Waals surface area contributed by atoms with Crippen molar-refractivity contribution in [2.45, 2.75) is 0 Å². The monoisotopic (exact) mass is 287 g/mol. The van der Waals surface area contributed by atoms with E-state index in [2.05, 4.69) is 4.37 Å². The molecule has 1 aromatic carbocycles. The summed E-state index contributed by atoms with van der Waals surface area (Å²) in [4.78, 5) is 11.7. The van der Waals surface area contributed by atoms with Crippen molar-refractivity contribution in [1.29, 1.82) is 0 Å². The number of amides is 1. The summed E-state index contributed by atoms with van der Waals surface area (Å²) < 4.78 is 4.14. The topological polar surface area (TPSA) is 68.0 Å². The van der Waals surface area contributed by atoms with E-state index in [-0.39, 0.29) is 5.91 Å². The molecule has 1 aromatic heterocycles. The molecule has 17 heavy (non-hydrogen) atoms. The molecule has 0 aliphatic heterocycles. The lowest BCUT2D eigenvalue weighted by molar-refractivity contribution is 0.0957. The standard InChI is InChI=1S/C10H7Cl2N3OS/c11-5-1-2-6(7(12)3-5)8-4-9(17-15-8)10(16)14-13/h1-4H,13H2,(H,14,16). The molecule has 0 atom stereocenters. The van der Waals surface area contributed by atoms with Crippen LogP contribution >= 0.6 is 34.7 Å². The number of carbonyl (C=O) groups is 1. The number of carbonyl (C=O) groups excluding carboxylic acids is 1. The third kappa shape index (κ3) is 2.58. The molecule has 1 amide bonds. The summed E-state index contributed by atoms with van der Waals surface area (Å²) in [5.41, 5.74) is 3.39. The van der Waals surface area contributed by atoms with Gasteiger partial charge in [0.1, 0.15) is 4.88 Å². The summed E-state index contributed by atoms with van der Waals surface area (Å²) in [6, 6.07) is 6.72. The van der Waals surface area contributed by atoms with E-state index in [1.165, 1.54) is 0 Å². The van der Waals surface area contributed by atoms with E-state index in [1.807, 2.05) is 5.43 Å². The van der Waals surface area contributed by atoms with Gasteiger partial charge in [-0.2, -0.15) is 4.37 Å². The molecule has 88 valence electrons. The van der Waals surface area contributed by atoms with Gasteiger partial charge in [0.2, 0.25) is 0 Å². The Balaban J connectivity index is 2.40. The lowest BCUT2D eigenvalue weighted by Gasteiger charge is -2.00. The Morgan fingerprint density at radius 2 is 2.12 bits per heavy atom. The van der Waals surface area contributed by atoms with E-state index in [0.29, 0.717) is 20.6 Å². The van der Waals surface area contributed by atoms with Crippen molar-refractivity contribution in [3.05, 3.63) is 39.2 Å². The van der Waals surface area contributed by atoms with Crippen molar-refractivity contribution in [1.82, 2.24) is 9.80 Å². The molecule has 3 N–H and O–H groups in total. The Morgan fingerprint density at radius 3 is 2.76 bits per heavy atom. The first kappa shape index (κ1) is 12.3. The molecule has 0 aliphatic carbocycles. The van der Waals surface area contributed by atoms with E-state index < -0.39 is 0 Å². The highest BCUT2D eigenvalue weighted by atomic mass is 35.5. The third-order valence-electron chi connectivity index (χ3n) is 2.07. The second-order valence-corrected chi connectivity index (χ2v) is 4.82. The van der Waals surface area contributed by atoms with Gasteiger partial charge in [0, 0.05) is 10.6 Å². The Hall–Kier alpha value is -1.14. The van der Waals surface area contributed by atoms with E-state index in [4.69, 9.17) is 29.0 Å². The van der Waals surface area contributed by atoms with Crippen LogP contribution in [0.5, 0.6) is 0 Å². The minimum Gasteiger partial charge on any atom is -0.289 e. The summed E-state index contributed by atoms with van der Waals surface area (Å²) in [5, 5.41) is 1.04. The SMILES string of the molecule is NNC(=O)c1cc(-c2ccc(Cl)cc2Cl)ns1. The van der Waals surface area contributed by atoms with Crippen molar-refractivity contribution in [3.63, 3.8) is 0 Å². The normalized spacial score (nSPS) is 10.3. The number of hydrogen-bond donors (Lipinski definition) is 2. The molecule has 0 spiro atoms. The molecule has 1 heterocycles. The predicted octanol–water partition coefficient (Wildman–Crippen LogP) is 2.72. The zero-order valence-electron chi connectivity index (χ0n) is 8.41. The van der Waals surface area contributed by atoms with Crippen LogP contribution in [0.2, 0.25) is 10.0 Å². The molecule has 0 saturated carbocycles. The molecule has 0 unspecified atom stereocenters. The highest BCUT2D eigenvalue weighted by Crippen LogP contribution is 2.30. The minimum atomic E-state index is -0.376. The Bertz CT molecular complexity index is 570. The smallest absolute Gasteiger partial charge is 0.276 e. The van der Waals surface area contributed by atoms with E-state index >= 15 is 0 Å². The van der Waals surface area contributed by atoms with Crippen LogP contribution in [0.15, 0.2) is 24.3 Å². The molecule has 2 aromatic rings. The summed E-state index contributed by atoms with van der Waals surface area (Å²) in [7, 11) is 0. The lowest BCUT2D eigenvalue weighted by atomic mass is 10.1. The van der Waals surface area contributed by atoms with Crippen LogP contribution in [0.25, 0.3) is 11.3 Å². The number of nitrogens with two attached hydrogens (primary N) is 1. The molecule has 4 nitrogen and oxygen atoms in total. The number of nitrogen functional groups attached to an aromatic ring is 1. The van der Waals surface area contributed by atoms with Gasteiger partial charge in [0.05, 0.1) is 10.7 Å². The fourth-order valence-electron chi connectivity index (χ4n) is 1.28. The number of hydrazine groups is 1. The van der Waals surface area contributed by atoms with Crippen molar-refractivity contribution < 1.29 is 4.79 Å². The number of halogens is 2. The summed E-state index contributed by atoms with van der Waals surface area (Å²) >= 11 is 12.9. The Kier molecular flexibility index (Phi) is 3.63. The predicted molar refractivity (Wildman–Crippen MR) is 69.2 cm³/mol. The van der Waals surface area contributed by atoms with Crippen LogP contribution in [-0.2, 0) is 0 Å². The van der Waals surface area contributed by atoms with Gasteiger partial charge in [-0.1, -0.05) is 23.2 Å². The number of aromatic nitrogens is 1. The van der Waals surface area contributed by atoms with E-state index in [0.717, 1.165) is 17.1 Å². The second kappa shape index (κ2) is 5.01. The van der Waals surface area contributed by atoms with Gasteiger partial charge in [0.25, 0.3) is 5.91 Å². The number of rotatable bonds is 2. The average Bonchev–Trinajstić information content (AvgIpc) is 2.77. The highest BCUT2D eigenvalue weighted by molar-refractivity contribution is 7.08.